The fourth-order valence-corrected chi connectivity index (χ4v) is 6.17. The van der Waals surface area contributed by atoms with Crippen molar-refractivity contribution in [2.75, 3.05) is 13.6 Å². The van der Waals surface area contributed by atoms with Crippen molar-refractivity contribution in [3.8, 4) is 10.4 Å². The SMILES string of the molecule is C=C(NCc1ccc(-c2scnc2C)cc1)C1C[C@@H](C)CN1C(=C)[C@@H](NC)C(C)(C)C.C=CCCCCCC. The molecule has 0 amide bonds. The van der Waals surface area contributed by atoms with Gasteiger partial charge in [0.1, 0.15) is 0 Å². The zero-order valence-corrected chi connectivity index (χ0v) is 26.6. The van der Waals surface area contributed by atoms with Gasteiger partial charge >= 0.3 is 0 Å². The maximum absolute atomic E-state index is 4.49. The molecule has 2 aromatic rings. The van der Waals surface area contributed by atoms with Crippen LogP contribution in [0.5, 0.6) is 0 Å². The van der Waals surface area contributed by atoms with E-state index in [2.05, 4.69) is 106 Å². The number of unbranched alkanes of at least 4 members (excludes halogenated alkanes) is 4. The zero-order chi connectivity index (χ0) is 29.0. The summed E-state index contributed by atoms with van der Waals surface area (Å²) in [6, 6.07) is 9.27. The second kappa shape index (κ2) is 16.0. The second-order valence-electron chi connectivity index (χ2n) is 12.1. The molecule has 5 heteroatoms. The second-order valence-corrected chi connectivity index (χ2v) is 12.9. The highest BCUT2D eigenvalue weighted by molar-refractivity contribution is 7.13. The minimum Gasteiger partial charge on any atom is -0.383 e. The Morgan fingerprint density at radius 1 is 1.18 bits per heavy atom. The molecule has 0 aliphatic carbocycles. The van der Waals surface area contributed by atoms with Crippen LogP contribution < -0.4 is 10.6 Å². The first-order valence-electron chi connectivity index (χ1n) is 14.7. The quantitative estimate of drug-likeness (QED) is 0.193. The molecular weight excluding hydrogens is 496 g/mol. The van der Waals surface area contributed by atoms with Crippen molar-refractivity contribution in [3.63, 3.8) is 0 Å². The fraction of sp³-hybridized carbons (Fsp3) is 0.559. The Kier molecular flexibility index (Phi) is 13.5. The molecule has 3 atom stereocenters. The predicted octanol–water partition coefficient (Wildman–Crippen LogP) is 8.72. The van der Waals surface area contributed by atoms with E-state index in [-0.39, 0.29) is 17.5 Å². The van der Waals surface area contributed by atoms with Gasteiger partial charge in [0.25, 0.3) is 0 Å². The molecule has 3 rings (SSSR count). The third kappa shape index (κ3) is 9.95. The van der Waals surface area contributed by atoms with E-state index in [1.807, 2.05) is 18.6 Å². The van der Waals surface area contributed by atoms with Crippen LogP contribution in [0.1, 0.15) is 84.4 Å². The predicted molar refractivity (Wildman–Crippen MR) is 173 cm³/mol. The van der Waals surface area contributed by atoms with Crippen molar-refractivity contribution in [1.82, 2.24) is 20.5 Å². The van der Waals surface area contributed by atoms with E-state index in [0.717, 1.165) is 36.6 Å². The molecule has 1 unspecified atom stereocenters. The standard InChI is InChI=1S/C26H38N4S.C8H16/c1-17-13-23(30(15-17)20(4)25(27-8)26(5,6)7)18(2)28-14-21-9-11-22(12-10-21)24-19(3)29-16-31-24;1-3-5-7-8-6-4-2/h9-12,16-17,23,25,27-28H,2,4,13-15H2,1,3,5-8H3;3H,1,4-8H2,2H3/t17-,23?,25-;/m1./s1. The molecule has 0 radical (unpaired) electrons. The smallest absolute Gasteiger partial charge is 0.0801 e. The monoisotopic (exact) mass is 550 g/mol. The molecule has 1 aromatic carbocycles. The van der Waals surface area contributed by atoms with Crippen molar-refractivity contribution < 1.29 is 0 Å². The molecular formula is C34H54N4S. The van der Waals surface area contributed by atoms with Gasteiger partial charge in [-0.05, 0) is 55.7 Å². The number of nitrogens with zero attached hydrogens (tertiary/aromatic N) is 2. The Labute approximate surface area is 243 Å². The molecule has 4 nitrogen and oxygen atoms in total. The summed E-state index contributed by atoms with van der Waals surface area (Å²) in [4.78, 5) is 8.06. The number of likely N-dealkylation sites (tertiary alicyclic amines) is 1. The van der Waals surface area contributed by atoms with Crippen LogP contribution in [0.15, 0.2) is 67.0 Å². The molecule has 39 heavy (non-hydrogen) atoms. The average Bonchev–Trinajstić information content (AvgIpc) is 3.51. The summed E-state index contributed by atoms with van der Waals surface area (Å²) in [5.74, 6) is 0.625. The van der Waals surface area contributed by atoms with Crippen LogP contribution in [0, 0.1) is 18.3 Å². The highest BCUT2D eigenvalue weighted by atomic mass is 32.1. The number of hydrogen-bond acceptors (Lipinski definition) is 5. The summed E-state index contributed by atoms with van der Waals surface area (Å²) < 4.78 is 0. The van der Waals surface area contributed by atoms with Crippen LogP contribution in [-0.4, -0.2) is 35.6 Å². The Bertz CT molecular complexity index is 1030. The fourth-order valence-electron chi connectivity index (χ4n) is 5.36. The van der Waals surface area contributed by atoms with Gasteiger partial charge in [-0.1, -0.05) is 97.4 Å². The van der Waals surface area contributed by atoms with E-state index < -0.39 is 0 Å². The minimum absolute atomic E-state index is 0.106. The van der Waals surface area contributed by atoms with Gasteiger partial charge in [-0.15, -0.1) is 17.9 Å². The van der Waals surface area contributed by atoms with Crippen molar-refractivity contribution >= 4 is 11.3 Å². The molecule has 1 aliphatic heterocycles. The topological polar surface area (TPSA) is 40.2 Å². The lowest BCUT2D eigenvalue weighted by molar-refractivity contribution is 0.234. The van der Waals surface area contributed by atoms with Gasteiger partial charge in [0.2, 0.25) is 0 Å². The Morgan fingerprint density at radius 2 is 1.87 bits per heavy atom. The first-order valence-corrected chi connectivity index (χ1v) is 15.6. The molecule has 0 spiro atoms. The summed E-state index contributed by atoms with van der Waals surface area (Å²) in [5, 5.41) is 7.08. The van der Waals surface area contributed by atoms with E-state index in [1.165, 1.54) is 48.1 Å². The van der Waals surface area contributed by atoms with Gasteiger partial charge in [0, 0.05) is 24.5 Å². The normalized spacial score (nSPS) is 17.8. The number of nitrogens with one attached hydrogen (secondary N) is 2. The maximum Gasteiger partial charge on any atom is 0.0801 e. The first-order chi connectivity index (χ1) is 18.5. The number of aryl methyl sites for hydroxylation is 1. The van der Waals surface area contributed by atoms with Crippen molar-refractivity contribution in [3.05, 3.63) is 78.2 Å². The van der Waals surface area contributed by atoms with Crippen LogP contribution in [0.2, 0.25) is 0 Å². The van der Waals surface area contributed by atoms with Crippen molar-refractivity contribution in [2.45, 2.75) is 98.7 Å². The van der Waals surface area contributed by atoms with E-state index in [0.29, 0.717) is 5.92 Å². The van der Waals surface area contributed by atoms with Gasteiger partial charge in [-0.25, -0.2) is 4.98 Å². The van der Waals surface area contributed by atoms with Gasteiger partial charge in [0.15, 0.2) is 0 Å². The van der Waals surface area contributed by atoms with E-state index in [4.69, 9.17) is 0 Å². The van der Waals surface area contributed by atoms with Gasteiger partial charge in [-0.3, -0.25) is 0 Å². The van der Waals surface area contributed by atoms with Gasteiger partial charge in [0.05, 0.1) is 28.2 Å². The third-order valence-corrected chi connectivity index (χ3v) is 8.49. The first kappa shape index (κ1) is 32.8. The summed E-state index contributed by atoms with van der Waals surface area (Å²) >= 11 is 1.69. The number of aromatic nitrogens is 1. The van der Waals surface area contributed by atoms with Crippen molar-refractivity contribution in [2.24, 2.45) is 11.3 Å². The van der Waals surface area contributed by atoms with Crippen LogP contribution in [0.3, 0.4) is 0 Å². The zero-order valence-electron chi connectivity index (χ0n) is 25.8. The van der Waals surface area contributed by atoms with E-state index in [1.54, 1.807) is 11.3 Å². The molecule has 0 saturated carbocycles. The van der Waals surface area contributed by atoms with Crippen LogP contribution in [0.4, 0.5) is 0 Å². The third-order valence-electron chi connectivity index (χ3n) is 7.51. The number of rotatable bonds is 13. The molecule has 2 heterocycles. The van der Waals surface area contributed by atoms with Crippen molar-refractivity contribution in [1.29, 1.82) is 0 Å². The molecule has 1 aromatic heterocycles. The van der Waals surface area contributed by atoms with Crippen LogP contribution >= 0.6 is 11.3 Å². The lowest BCUT2D eigenvalue weighted by Gasteiger charge is -2.39. The van der Waals surface area contributed by atoms with E-state index >= 15 is 0 Å². The Hall–Kier alpha value is -2.37. The summed E-state index contributed by atoms with van der Waals surface area (Å²) in [6.07, 6.45) is 9.72. The molecule has 1 saturated heterocycles. The largest absolute Gasteiger partial charge is 0.383 e. The van der Waals surface area contributed by atoms with Gasteiger partial charge in [-0.2, -0.15) is 0 Å². The molecule has 0 bridgehead atoms. The van der Waals surface area contributed by atoms with E-state index in [9.17, 15) is 0 Å². The Morgan fingerprint density at radius 3 is 2.41 bits per heavy atom. The highest BCUT2D eigenvalue weighted by Gasteiger charge is 2.37. The number of benzene rings is 1. The summed E-state index contributed by atoms with van der Waals surface area (Å²) in [5.41, 5.74) is 7.84. The maximum atomic E-state index is 4.49. The lowest BCUT2D eigenvalue weighted by atomic mass is 9.84. The Balaban J connectivity index is 0.000000580. The molecule has 216 valence electrons. The summed E-state index contributed by atoms with van der Waals surface area (Å²) in [7, 11) is 2.03. The molecule has 2 N–H and O–H groups in total. The number of allylic oxidation sites excluding steroid dienone is 1. The van der Waals surface area contributed by atoms with Gasteiger partial charge < -0.3 is 15.5 Å². The van der Waals surface area contributed by atoms with Crippen LogP contribution in [-0.2, 0) is 6.54 Å². The number of hydrogen-bond donors (Lipinski definition) is 2. The minimum atomic E-state index is 0.106. The lowest BCUT2D eigenvalue weighted by Crippen LogP contribution is -2.47. The van der Waals surface area contributed by atoms with Crippen LogP contribution in [0.25, 0.3) is 10.4 Å². The highest BCUT2D eigenvalue weighted by Crippen LogP contribution is 2.34. The summed E-state index contributed by atoms with van der Waals surface area (Å²) in [6.45, 7) is 27.8. The number of thiazole rings is 1. The molecule has 1 fully saturated rings. The number of likely N-dealkylation sites (N-methyl/N-ethyl adjacent to an activating group) is 1. The average molecular weight is 551 g/mol. The molecule has 1 aliphatic rings.